The van der Waals surface area contributed by atoms with Crippen molar-refractivity contribution in [1.82, 2.24) is 0 Å². The summed E-state index contributed by atoms with van der Waals surface area (Å²) in [4.78, 5) is 0. The number of aryl methyl sites for hydroxylation is 2. The van der Waals surface area contributed by atoms with Crippen LogP contribution in [0.1, 0.15) is 384 Å². The molecule has 0 saturated carbocycles. The van der Waals surface area contributed by atoms with E-state index in [9.17, 15) is 0 Å². The predicted octanol–water partition coefficient (Wildman–Crippen LogP) is 25.6. The summed E-state index contributed by atoms with van der Waals surface area (Å²) in [5.41, 5.74) is 5.26. The van der Waals surface area contributed by atoms with Gasteiger partial charge in [0, 0.05) is 0 Å². The molecule has 2 aromatic rings. The van der Waals surface area contributed by atoms with E-state index in [1.165, 1.54) is 371 Å². The minimum Gasteiger partial charge on any atom is -0.0654 e. The highest BCUT2D eigenvalue weighted by atomic mass is 14.2. The van der Waals surface area contributed by atoms with Gasteiger partial charge in [-0.05, 0) is 66.0 Å². The van der Waals surface area contributed by atoms with Crippen LogP contribution in [0.4, 0.5) is 0 Å². The van der Waals surface area contributed by atoms with Gasteiger partial charge in [-0.25, -0.2) is 0 Å². The molecule has 2 aromatic carbocycles. The summed E-state index contributed by atoms with van der Waals surface area (Å²) in [5.74, 6) is 0. The predicted molar refractivity (Wildman–Crippen MR) is 321 cm³/mol. The van der Waals surface area contributed by atoms with Gasteiger partial charge >= 0.3 is 0 Å². The summed E-state index contributed by atoms with van der Waals surface area (Å²) in [7, 11) is 0. The summed E-state index contributed by atoms with van der Waals surface area (Å²) in [6, 6.07) is 12.1. The van der Waals surface area contributed by atoms with Gasteiger partial charge < -0.3 is 0 Å². The molecule has 0 spiro atoms. The number of hydrogen-bond donors (Lipinski definition) is 0. The van der Waals surface area contributed by atoms with E-state index < -0.39 is 0 Å². The maximum atomic E-state index is 2.64. The van der Waals surface area contributed by atoms with Crippen LogP contribution in [0.25, 0.3) is 10.8 Å². The molecule has 0 aromatic heterocycles. The third kappa shape index (κ3) is 39.2. The second-order valence-electron chi connectivity index (χ2n) is 23.5. The first kappa shape index (κ1) is 64.8. The van der Waals surface area contributed by atoms with E-state index in [2.05, 4.69) is 51.1 Å². The Bertz CT molecular complexity index is 1320. The lowest BCUT2D eigenvalue weighted by Crippen LogP contribution is -2.04. The van der Waals surface area contributed by atoms with Crippen molar-refractivity contribution in [3.63, 3.8) is 0 Å². The zero-order valence-electron chi connectivity index (χ0n) is 48.7. The SMILES string of the molecule is CCCCCCCCCCCCCCCCCCCCc1cc2ccccc2c(CCCCCCCCCCCCCCCCCCCC)c1CCCCCCCCCCCCCCCCCCCC. The van der Waals surface area contributed by atoms with Gasteiger partial charge in [0.2, 0.25) is 0 Å². The van der Waals surface area contributed by atoms with Gasteiger partial charge in [-0.3, -0.25) is 0 Å². The highest BCUT2D eigenvalue weighted by molar-refractivity contribution is 5.88. The molecule has 70 heavy (non-hydrogen) atoms. The third-order valence-electron chi connectivity index (χ3n) is 16.7. The zero-order chi connectivity index (χ0) is 49.7. The smallest absolute Gasteiger partial charge is 0.0149 e. The normalized spacial score (nSPS) is 11.8. The third-order valence-corrected chi connectivity index (χ3v) is 16.7. The number of hydrogen-bond acceptors (Lipinski definition) is 0. The van der Waals surface area contributed by atoms with Gasteiger partial charge in [0.1, 0.15) is 0 Å². The molecule has 2 rings (SSSR count). The first-order valence-corrected chi connectivity index (χ1v) is 33.3. The fourth-order valence-electron chi connectivity index (χ4n) is 12.0. The van der Waals surface area contributed by atoms with E-state index in [-0.39, 0.29) is 0 Å². The van der Waals surface area contributed by atoms with Crippen molar-refractivity contribution in [3.8, 4) is 0 Å². The van der Waals surface area contributed by atoms with Crippen molar-refractivity contribution < 1.29 is 0 Å². The van der Waals surface area contributed by atoms with Gasteiger partial charge in [-0.1, -0.05) is 379 Å². The Hall–Kier alpha value is -1.30. The zero-order valence-corrected chi connectivity index (χ0v) is 48.7. The van der Waals surface area contributed by atoms with Crippen LogP contribution in [-0.2, 0) is 19.3 Å². The van der Waals surface area contributed by atoms with Crippen LogP contribution in [0.15, 0.2) is 30.3 Å². The number of benzene rings is 2. The molecule has 0 atom stereocenters. The molecule has 0 heteroatoms. The van der Waals surface area contributed by atoms with Crippen LogP contribution in [0.3, 0.4) is 0 Å². The second-order valence-corrected chi connectivity index (χ2v) is 23.5. The Morgan fingerprint density at radius 1 is 0.214 bits per heavy atom. The van der Waals surface area contributed by atoms with Crippen LogP contribution in [0.2, 0.25) is 0 Å². The molecule has 0 aliphatic carbocycles. The quantitative estimate of drug-likeness (QED) is 0.0580. The molecule has 0 heterocycles. The van der Waals surface area contributed by atoms with Gasteiger partial charge in [0.05, 0.1) is 0 Å². The van der Waals surface area contributed by atoms with E-state index >= 15 is 0 Å². The van der Waals surface area contributed by atoms with Crippen molar-refractivity contribution in [2.24, 2.45) is 0 Å². The maximum Gasteiger partial charge on any atom is -0.0149 e. The van der Waals surface area contributed by atoms with Gasteiger partial charge in [0.25, 0.3) is 0 Å². The van der Waals surface area contributed by atoms with E-state index in [0.29, 0.717) is 0 Å². The second kappa shape index (κ2) is 52.6. The molecule has 0 aliphatic rings. The molecule has 0 aliphatic heterocycles. The summed E-state index contributed by atoms with van der Waals surface area (Å²) in [6.07, 6.45) is 82.4. The molecule has 0 radical (unpaired) electrons. The number of rotatable bonds is 57. The first-order valence-electron chi connectivity index (χ1n) is 33.3. The largest absolute Gasteiger partial charge is 0.0654 e. The Morgan fingerprint density at radius 3 is 0.700 bits per heavy atom. The molecule has 408 valence electrons. The van der Waals surface area contributed by atoms with Crippen molar-refractivity contribution in [3.05, 3.63) is 47.0 Å². The molecule has 0 nitrogen and oxygen atoms in total. The van der Waals surface area contributed by atoms with Gasteiger partial charge in [-0.15, -0.1) is 0 Å². The van der Waals surface area contributed by atoms with Gasteiger partial charge in [0.15, 0.2) is 0 Å². The minimum absolute atomic E-state index is 1.29. The lowest BCUT2D eigenvalue weighted by atomic mass is 9.86. The van der Waals surface area contributed by atoms with Crippen molar-refractivity contribution >= 4 is 10.8 Å². The van der Waals surface area contributed by atoms with Crippen molar-refractivity contribution in [1.29, 1.82) is 0 Å². The topological polar surface area (TPSA) is 0 Å². The molecule has 0 N–H and O–H groups in total. The van der Waals surface area contributed by atoms with Crippen LogP contribution in [0.5, 0.6) is 0 Å². The van der Waals surface area contributed by atoms with Crippen LogP contribution < -0.4 is 0 Å². The van der Waals surface area contributed by atoms with Crippen molar-refractivity contribution in [2.45, 2.75) is 387 Å². The molecule has 0 bridgehead atoms. The lowest BCUT2D eigenvalue weighted by molar-refractivity contribution is 0.524. The first-order chi connectivity index (χ1) is 34.8. The van der Waals surface area contributed by atoms with Crippen LogP contribution in [-0.4, -0.2) is 0 Å². The molecule has 0 amide bonds. The molecular formula is C70H128. The monoisotopic (exact) mass is 969 g/mol. The minimum atomic E-state index is 1.29. The Labute approximate surface area is 442 Å². The summed E-state index contributed by atoms with van der Waals surface area (Å²) < 4.78 is 0. The van der Waals surface area contributed by atoms with Crippen LogP contribution >= 0.6 is 0 Å². The van der Waals surface area contributed by atoms with Gasteiger partial charge in [-0.2, -0.15) is 0 Å². The molecule has 0 saturated heterocycles. The van der Waals surface area contributed by atoms with E-state index in [1.54, 1.807) is 22.1 Å². The van der Waals surface area contributed by atoms with E-state index in [4.69, 9.17) is 0 Å². The Balaban J connectivity index is 1.73. The summed E-state index contributed by atoms with van der Waals surface area (Å²) in [6.45, 7) is 6.96. The average Bonchev–Trinajstić information content (AvgIpc) is 3.37. The Morgan fingerprint density at radius 2 is 0.429 bits per heavy atom. The van der Waals surface area contributed by atoms with Crippen molar-refractivity contribution in [2.75, 3.05) is 0 Å². The highest BCUT2D eigenvalue weighted by Crippen LogP contribution is 2.31. The molecule has 0 fully saturated rings. The Kier molecular flexibility index (Phi) is 48.7. The average molecular weight is 970 g/mol. The number of fused-ring (bicyclic) bond motifs is 1. The highest BCUT2D eigenvalue weighted by Gasteiger charge is 2.14. The fraction of sp³-hybridized carbons (Fsp3) is 0.857. The van der Waals surface area contributed by atoms with E-state index in [0.717, 1.165) is 0 Å². The molecular weight excluding hydrogens is 841 g/mol. The lowest BCUT2D eigenvalue weighted by Gasteiger charge is -2.19. The standard InChI is InChI=1S/C70H128/c1-4-7-10-13-16-19-22-25-28-31-34-37-40-43-46-49-52-55-60-66-65-67-61-58-59-63-69(67)70(64-57-54-51-48-45-42-39-36-33-30-27-24-21-18-15-12-9-6-3)68(66)62-56-53-50-47-44-41-38-35-32-29-26-23-20-17-14-11-8-5-2/h58-59,61,63,65H,4-57,60,62,64H2,1-3H3. The number of unbranched alkanes of at least 4 members (excludes halogenated alkanes) is 51. The maximum absolute atomic E-state index is 2.64. The van der Waals surface area contributed by atoms with Crippen LogP contribution in [0, 0.1) is 0 Å². The molecule has 0 unspecified atom stereocenters. The summed E-state index contributed by atoms with van der Waals surface area (Å²) >= 11 is 0. The summed E-state index contributed by atoms with van der Waals surface area (Å²) in [5, 5.41) is 3.09. The van der Waals surface area contributed by atoms with E-state index in [1.807, 2.05) is 0 Å². The fourth-order valence-corrected chi connectivity index (χ4v) is 12.0.